The molecule has 2 atom stereocenters. The molecule has 1 amide bonds. The number of fused-ring (bicyclic) bond motifs is 1. The van der Waals surface area contributed by atoms with Crippen molar-refractivity contribution in [1.29, 1.82) is 0 Å². The fourth-order valence-corrected chi connectivity index (χ4v) is 6.70. The normalized spacial score (nSPS) is 16.1. The third-order valence-corrected chi connectivity index (χ3v) is 9.06. The largest absolute Gasteiger partial charge is 0.416 e. The van der Waals surface area contributed by atoms with Crippen LogP contribution in [0.3, 0.4) is 0 Å². The molecule has 6 nitrogen and oxygen atoms in total. The molecule has 0 bridgehead atoms. The molecule has 0 saturated carbocycles. The van der Waals surface area contributed by atoms with Gasteiger partial charge in [-0.1, -0.05) is 68.4 Å². The summed E-state index contributed by atoms with van der Waals surface area (Å²) in [4.78, 5) is 12.8. The highest BCUT2D eigenvalue weighted by Crippen LogP contribution is 2.33. The Morgan fingerprint density at radius 2 is 1.77 bits per heavy atom. The van der Waals surface area contributed by atoms with Crippen molar-refractivity contribution in [2.75, 3.05) is 13.1 Å². The molecule has 232 valence electrons. The molecule has 3 aromatic rings. The summed E-state index contributed by atoms with van der Waals surface area (Å²) in [7, 11) is -4.37. The Morgan fingerprint density at radius 1 is 1.00 bits per heavy atom. The van der Waals surface area contributed by atoms with Gasteiger partial charge in [-0.15, -0.1) is 0 Å². The van der Waals surface area contributed by atoms with E-state index in [1.165, 1.54) is 11.1 Å². The number of carbonyl (C=O) groups excluding carboxylic acids is 1. The Bertz CT molecular complexity index is 1480. The van der Waals surface area contributed by atoms with Gasteiger partial charge in [-0.3, -0.25) is 4.79 Å². The summed E-state index contributed by atoms with van der Waals surface area (Å²) in [6, 6.07) is 17.4. The van der Waals surface area contributed by atoms with Crippen LogP contribution in [0.4, 0.5) is 13.2 Å². The minimum atomic E-state index is -4.69. The van der Waals surface area contributed by atoms with E-state index in [9.17, 15) is 26.4 Å². The molecule has 2 unspecified atom stereocenters. The molecule has 0 aromatic heterocycles. The van der Waals surface area contributed by atoms with Gasteiger partial charge in [0.25, 0.3) is 0 Å². The van der Waals surface area contributed by atoms with Gasteiger partial charge in [0.05, 0.1) is 22.5 Å². The van der Waals surface area contributed by atoms with Crippen molar-refractivity contribution < 1.29 is 26.4 Å². The lowest BCUT2D eigenvalue weighted by Gasteiger charge is -2.28. The van der Waals surface area contributed by atoms with Gasteiger partial charge in [0.2, 0.25) is 15.9 Å². The predicted molar refractivity (Wildman–Crippen MR) is 162 cm³/mol. The predicted octanol–water partition coefficient (Wildman–Crippen LogP) is 6.49. The molecule has 0 saturated heterocycles. The Labute approximate surface area is 252 Å². The number of nitrogens with one attached hydrogen (secondary N) is 3. The van der Waals surface area contributed by atoms with Crippen LogP contribution in [-0.2, 0) is 33.8 Å². The molecule has 10 heteroatoms. The van der Waals surface area contributed by atoms with Crippen molar-refractivity contribution in [1.82, 2.24) is 15.4 Å². The Morgan fingerprint density at radius 3 is 2.49 bits per heavy atom. The molecule has 0 fully saturated rings. The zero-order chi connectivity index (χ0) is 31.0. The van der Waals surface area contributed by atoms with E-state index in [0.29, 0.717) is 17.5 Å². The van der Waals surface area contributed by atoms with Gasteiger partial charge in [0.15, 0.2) is 0 Å². The van der Waals surface area contributed by atoms with Crippen LogP contribution >= 0.6 is 0 Å². The smallest absolute Gasteiger partial charge is 0.349 e. The zero-order valence-corrected chi connectivity index (χ0v) is 25.4. The van der Waals surface area contributed by atoms with Gasteiger partial charge in [-0.2, -0.15) is 13.2 Å². The third-order valence-electron chi connectivity index (χ3n) is 7.59. The molecule has 43 heavy (non-hydrogen) atoms. The number of rotatable bonds is 13. The van der Waals surface area contributed by atoms with Crippen molar-refractivity contribution in [2.24, 2.45) is 5.92 Å². The van der Waals surface area contributed by atoms with Crippen LogP contribution < -0.4 is 15.4 Å². The maximum absolute atomic E-state index is 13.3. The molecule has 4 rings (SSSR count). The number of carbonyl (C=O) groups is 1. The average molecular weight is 616 g/mol. The second-order valence-electron chi connectivity index (χ2n) is 11.6. The first-order valence-corrected chi connectivity index (χ1v) is 16.3. The van der Waals surface area contributed by atoms with Gasteiger partial charge < -0.3 is 10.6 Å². The van der Waals surface area contributed by atoms with Crippen molar-refractivity contribution in [3.8, 4) is 0 Å². The topological polar surface area (TPSA) is 87.3 Å². The highest BCUT2D eigenvalue weighted by molar-refractivity contribution is 7.89. The molecule has 0 radical (unpaired) electrons. The molecule has 3 N–H and O–H groups in total. The van der Waals surface area contributed by atoms with Gasteiger partial charge in [-0.25, -0.2) is 13.1 Å². The van der Waals surface area contributed by atoms with Crippen LogP contribution in [0.1, 0.15) is 79.4 Å². The third kappa shape index (κ3) is 9.39. The first kappa shape index (κ1) is 32.7. The van der Waals surface area contributed by atoms with E-state index < -0.39 is 32.7 Å². The van der Waals surface area contributed by atoms with Crippen molar-refractivity contribution >= 4 is 15.9 Å². The van der Waals surface area contributed by atoms with Gasteiger partial charge in [-0.05, 0) is 91.6 Å². The Hall–Kier alpha value is -3.21. The summed E-state index contributed by atoms with van der Waals surface area (Å²) in [6.07, 6.45) is -0.264. The minimum Gasteiger partial charge on any atom is -0.349 e. The molecule has 1 aliphatic carbocycles. The number of amides is 1. The second kappa shape index (κ2) is 14.5. The Balaban J connectivity index is 1.45. The van der Waals surface area contributed by atoms with Gasteiger partial charge in [0, 0.05) is 6.42 Å². The van der Waals surface area contributed by atoms with E-state index in [1.54, 1.807) is 30.3 Å². The lowest BCUT2D eigenvalue weighted by atomic mass is 9.86. The number of hydrogen-bond acceptors (Lipinski definition) is 4. The first-order valence-electron chi connectivity index (χ1n) is 14.8. The van der Waals surface area contributed by atoms with Crippen molar-refractivity contribution in [3.05, 3.63) is 101 Å². The molecule has 3 aromatic carbocycles. The Kier molecular flexibility index (Phi) is 11.0. The number of hydrogen-bond donors (Lipinski definition) is 3. The van der Waals surface area contributed by atoms with Crippen molar-refractivity contribution in [2.45, 2.75) is 75.5 Å². The molecule has 0 aliphatic heterocycles. The number of halogens is 3. The summed E-state index contributed by atoms with van der Waals surface area (Å²) in [5.41, 5.74) is 3.03. The molecular formula is C33H40F3N3O3S. The lowest BCUT2D eigenvalue weighted by Crippen LogP contribution is -2.36. The van der Waals surface area contributed by atoms with E-state index in [4.69, 9.17) is 0 Å². The summed E-state index contributed by atoms with van der Waals surface area (Å²) in [5, 5.41) is 6.56. The quantitative estimate of drug-likeness (QED) is 0.192. The molecule has 0 heterocycles. The molecule has 0 spiro atoms. The van der Waals surface area contributed by atoms with Crippen LogP contribution in [0.15, 0.2) is 77.7 Å². The van der Waals surface area contributed by atoms with Crippen LogP contribution in [0.2, 0.25) is 0 Å². The number of alkyl halides is 3. The van der Waals surface area contributed by atoms with E-state index in [1.807, 2.05) is 0 Å². The average Bonchev–Trinajstić information content (AvgIpc) is 2.96. The van der Waals surface area contributed by atoms with Gasteiger partial charge >= 0.3 is 6.18 Å². The number of benzene rings is 3. The lowest BCUT2D eigenvalue weighted by molar-refractivity contribution is -0.137. The standard InChI is InChI=1S/C33H40F3N3O3S/c1-23(2)22-37-18-8-9-24-16-17-29-26(19-24)12-6-15-30(29)38-32(40)21-31(25-10-4-3-5-11-25)39-43(41,42)28-14-7-13-27(20-28)33(34,35)36/h3-5,7,10-11,13-14,16-17,19-20,23,30-31,37,39H,6,8-9,12,15,18,21-22H2,1-2H3,(H,38,40). The fraction of sp³-hybridized carbons (Fsp3) is 0.424. The highest BCUT2D eigenvalue weighted by Gasteiger charge is 2.32. The van der Waals surface area contributed by atoms with Crippen LogP contribution in [0.5, 0.6) is 0 Å². The minimum absolute atomic E-state index is 0.200. The van der Waals surface area contributed by atoms with Crippen LogP contribution in [0.25, 0.3) is 0 Å². The van der Waals surface area contributed by atoms with E-state index >= 15 is 0 Å². The first-order chi connectivity index (χ1) is 20.4. The summed E-state index contributed by atoms with van der Waals surface area (Å²) < 4.78 is 68.6. The fourth-order valence-electron chi connectivity index (χ4n) is 5.43. The van der Waals surface area contributed by atoms with E-state index in [-0.39, 0.29) is 18.4 Å². The monoisotopic (exact) mass is 615 g/mol. The van der Waals surface area contributed by atoms with Crippen molar-refractivity contribution in [3.63, 3.8) is 0 Å². The number of sulfonamides is 1. The maximum Gasteiger partial charge on any atom is 0.416 e. The highest BCUT2D eigenvalue weighted by atomic mass is 32.2. The number of aryl methyl sites for hydroxylation is 2. The molecular weight excluding hydrogens is 575 g/mol. The molecule has 1 aliphatic rings. The van der Waals surface area contributed by atoms with E-state index in [0.717, 1.165) is 69.0 Å². The zero-order valence-electron chi connectivity index (χ0n) is 24.6. The van der Waals surface area contributed by atoms with Gasteiger partial charge in [0.1, 0.15) is 0 Å². The van der Waals surface area contributed by atoms with Crippen LogP contribution in [-0.4, -0.2) is 27.4 Å². The van der Waals surface area contributed by atoms with Crippen LogP contribution in [0, 0.1) is 5.92 Å². The second-order valence-corrected chi connectivity index (χ2v) is 13.3. The summed E-state index contributed by atoms with van der Waals surface area (Å²) in [6.45, 7) is 6.34. The summed E-state index contributed by atoms with van der Waals surface area (Å²) in [5.74, 6) is 0.271. The maximum atomic E-state index is 13.3. The van der Waals surface area contributed by atoms with E-state index in [2.05, 4.69) is 47.4 Å². The summed E-state index contributed by atoms with van der Waals surface area (Å²) >= 11 is 0. The SMILES string of the molecule is CC(C)CNCCCc1ccc2c(c1)CCCC2NC(=O)CC(NS(=O)(=O)c1cccc(C(F)(F)F)c1)c1ccccc1.